The normalized spacial score (nSPS) is 20.8. The summed E-state index contributed by atoms with van der Waals surface area (Å²) < 4.78 is 20.8. The zero-order valence-corrected chi connectivity index (χ0v) is 9.55. The Kier molecular flexibility index (Phi) is 3.20. The summed E-state index contributed by atoms with van der Waals surface area (Å²) in [6.07, 6.45) is -1.49. The molecule has 10 nitrogen and oxygen atoms in total. The second-order valence-electron chi connectivity index (χ2n) is 3.31. The molecule has 0 aromatic carbocycles. The summed E-state index contributed by atoms with van der Waals surface area (Å²) in [5.41, 5.74) is 0. The van der Waals surface area contributed by atoms with Crippen molar-refractivity contribution in [3.8, 4) is 0 Å². The first kappa shape index (κ1) is 12.1. The summed E-state index contributed by atoms with van der Waals surface area (Å²) in [7, 11) is -4.12. The molecule has 0 radical (unpaired) electrons. The zero-order chi connectivity index (χ0) is 12.5. The number of amides is 2. The van der Waals surface area contributed by atoms with Crippen LogP contribution in [-0.4, -0.2) is 53.4 Å². The fourth-order valence-electron chi connectivity index (χ4n) is 1.32. The summed E-state index contributed by atoms with van der Waals surface area (Å²) in [6, 6.07) is 0. The molecule has 0 spiro atoms. The Morgan fingerprint density at radius 3 is 1.76 bits per heavy atom. The lowest BCUT2D eigenvalue weighted by Crippen LogP contribution is -2.45. The summed E-state index contributed by atoms with van der Waals surface area (Å²) >= 11 is 0. The first-order valence-corrected chi connectivity index (χ1v) is 6.41. The van der Waals surface area contributed by atoms with E-state index in [0.717, 1.165) is 10.0 Å². The van der Waals surface area contributed by atoms with Crippen molar-refractivity contribution in [3.05, 3.63) is 0 Å². The van der Waals surface area contributed by atoms with Gasteiger partial charge >= 0.3 is 19.9 Å². The van der Waals surface area contributed by atoms with Gasteiger partial charge in [0.2, 0.25) is 0 Å². The number of rotatable bonds is 4. The Hall–Kier alpha value is -1.35. The molecule has 0 atom stereocenters. The van der Waals surface area contributed by atoms with Gasteiger partial charge in [-0.3, -0.25) is 4.57 Å². The molecule has 0 saturated carbocycles. The molecule has 0 unspecified atom stereocenters. The van der Waals surface area contributed by atoms with Crippen molar-refractivity contribution in [1.29, 1.82) is 0 Å². The number of hydrogen-bond acceptors (Lipinski definition) is 5. The van der Waals surface area contributed by atoms with Gasteiger partial charge in [-0.2, -0.15) is 0 Å². The van der Waals surface area contributed by atoms with E-state index in [9.17, 15) is 19.0 Å². The van der Waals surface area contributed by atoms with E-state index in [-0.39, 0.29) is 26.3 Å². The molecule has 0 bridgehead atoms. The van der Waals surface area contributed by atoms with Crippen LogP contribution in [0.15, 0.2) is 0 Å². The number of hydrogen-bond donors (Lipinski definition) is 3. The van der Waals surface area contributed by atoms with E-state index >= 15 is 0 Å². The maximum Gasteiger partial charge on any atom is 0.424 e. The standard InChI is InChI=1S/C6H11N4O6P/c11-5-9(1-3-15-5)7-17(13,14)8-10-2-4-16-6(10)12/h1-4H2,(H3,7,8,13,14). The topological polar surface area (TPSA) is 120 Å². The maximum atomic E-state index is 11.7. The zero-order valence-electron chi connectivity index (χ0n) is 8.66. The molecule has 0 aromatic rings. The van der Waals surface area contributed by atoms with Crippen molar-refractivity contribution in [2.75, 3.05) is 26.3 Å². The van der Waals surface area contributed by atoms with Gasteiger partial charge in [0, 0.05) is 0 Å². The predicted octanol–water partition coefficient (Wildman–Crippen LogP) is -1.000. The molecular formula is C6H11N4O6P. The number of nitrogens with one attached hydrogen (secondary N) is 2. The lowest BCUT2D eigenvalue weighted by molar-refractivity contribution is 0.147. The summed E-state index contributed by atoms with van der Waals surface area (Å²) in [5.74, 6) is 0. The highest BCUT2D eigenvalue weighted by atomic mass is 31.2. The molecular weight excluding hydrogens is 255 g/mol. The highest BCUT2D eigenvalue weighted by Crippen LogP contribution is 2.32. The van der Waals surface area contributed by atoms with Crippen LogP contribution in [0.3, 0.4) is 0 Å². The fraction of sp³-hybridized carbons (Fsp3) is 0.667. The summed E-state index contributed by atoms with van der Waals surface area (Å²) in [6.45, 7) is 0.570. The van der Waals surface area contributed by atoms with Crippen LogP contribution in [0.1, 0.15) is 0 Å². The summed E-state index contributed by atoms with van der Waals surface area (Å²) in [5, 5.41) is 5.84. The van der Waals surface area contributed by atoms with Crippen LogP contribution in [0.5, 0.6) is 0 Å². The number of cyclic esters (lactones) is 2. The van der Waals surface area contributed by atoms with Gasteiger partial charge in [-0.25, -0.2) is 19.6 Å². The van der Waals surface area contributed by atoms with Gasteiger partial charge < -0.3 is 14.4 Å². The van der Waals surface area contributed by atoms with E-state index in [0.29, 0.717) is 0 Å². The number of carbonyl (C=O) groups is 2. The molecule has 2 saturated heterocycles. The van der Waals surface area contributed by atoms with Gasteiger partial charge in [-0.1, -0.05) is 0 Å². The SMILES string of the molecule is O=C1OCCN1NP(=O)(O)NN1CCOC1=O. The van der Waals surface area contributed by atoms with Gasteiger partial charge in [0.05, 0.1) is 13.1 Å². The fourth-order valence-corrected chi connectivity index (χ4v) is 2.38. The minimum absolute atomic E-state index is 0.136. The molecule has 3 N–H and O–H groups in total. The lowest BCUT2D eigenvalue weighted by Gasteiger charge is -2.23. The van der Waals surface area contributed by atoms with Crippen LogP contribution in [0.2, 0.25) is 0 Å². The molecule has 96 valence electrons. The molecule has 11 heteroatoms. The molecule has 0 aromatic heterocycles. The van der Waals surface area contributed by atoms with Gasteiger partial charge in [-0.05, 0) is 0 Å². The number of hydrazine groups is 2. The molecule has 2 amide bonds. The van der Waals surface area contributed by atoms with Crippen LogP contribution in [-0.2, 0) is 14.0 Å². The van der Waals surface area contributed by atoms with Crippen LogP contribution in [0.25, 0.3) is 0 Å². The highest BCUT2D eigenvalue weighted by Gasteiger charge is 2.34. The molecule has 2 rings (SSSR count). The molecule has 0 aliphatic carbocycles. The molecule has 2 heterocycles. The van der Waals surface area contributed by atoms with Crippen molar-refractivity contribution in [1.82, 2.24) is 20.4 Å². The van der Waals surface area contributed by atoms with E-state index in [1.54, 1.807) is 0 Å². The van der Waals surface area contributed by atoms with Crippen molar-refractivity contribution in [2.24, 2.45) is 0 Å². The predicted molar refractivity (Wildman–Crippen MR) is 52.2 cm³/mol. The van der Waals surface area contributed by atoms with E-state index in [1.807, 2.05) is 0 Å². The van der Waals surface area contributed by atoms with Crippen molar-refractivity contribution >= 4 is 19.9 Å². The van der Waals surface area contributed by atoms with Crippen LogP contribution >= 0.6 is 7.67 Å². The Balaban J connectivity index is 1.92. The third-order valence-electron chi connectivity index (χ3n) is 2.03. The number of carbonyl (C=O) groups excluding carboxylic acids is 2. The lowest BCUT2D eigenvalue weighted by atomic mass is 10.7. The minimum Gasteiger partial charge on any atom is -0.447 e. The van der Waals surface area contributed by atoms with Gasteiger partial charge in [0.25, 0.3) is 0 Å². The van der Waals surface area contributed by atoms with Gasteiger partial charge in [-0.15, -0.1) is 10.4 Å². The first-order chi connectivity index (χ1) is 7.98. The Morgan fingerprint density at radius 2 is 1.47 bits per heavy atom. The van der Waals surface area contributed by atoms with E-state index in [2.05, 4.69) is 19.9 Å². The van der Waals surface area contributed by atoms with E-state index in [1.165, 1.54) is 0 Å². The minimum atomic E-state index is -4.12. The molecule has 2 aliphatic rings. The van der Waals surface area contributed by atoms with Crippen molar-refractivity contribution in [3.63, 3.8) is 0 Å². The average molecular weight is 266 g/mol. The van der Waals surface area contributed by atoms with Crippen molar-refractivity contribution in [2.45, 2.75) is 0 Å². The third-order valence-corrected chi connectivity index (χ3v) is 3.06. The Labute approximate surface area is 95.9 Å². The smallest absolute Gasteiger partial charge is 0.424 e. The third kappa shape index (κ3) is 2.86. The van der Waals surface area contributed by atoms with Crippen LogP contribution in [0.4, 0.5) is 9.59 Å². The molecule has 2 aliphatic heterocycles. The first-order valence-electron chi connectivity index (χ1n) is 4.75. The monoisotopic (exact) mass is 266 g/mol. The Morgan fingerprint density at radius 1 is 1.06 bits per heavy atom. The maximum absolute atomic E-state index is 11.7. The highest BCUT2D eigenvalue weighted by molar-refractivity contribution is 7.53. The van der Waals surface area contributed by atoms with Crippen LogP contribution in [0, 0.1) is 0 Å². The molecule has 17 heavy (non-hydrogen) atoms. The van der Waals surface area contributed by atoms with E-state index in [4.69, 9.17) is 0 Å². The van der Waals surface area contributed by atoms with E-state index < -0.39 is 19.9 Å². The second-order valence-corrected chi connectivity index (χ2v) is 4.86. The Bertz CT molecular complexity index is 357. The quantitative estimate of drug-likeness (QED) is 0.554. The summed E-state index contributed by atoms with van der Waals surface area (Å²) in [4.78, 5) is 31.6. The van der Waals surface area contributed by atoms with Crippen LogP contribution < -0.4 is 10.4 Å². The van der Waals surface area contributed by atoms with Gasteiger partial charge in [0.15, 0.2) is 0 Å². The molecule has 2 fully saturated rings. The van der Waals surface area contributed by atoms with Crippen molar-refractivity contribution < 1.29 is 28.5 Å². The number of ether oxygens (including phenoxy) is 2. The second kappa shape index (κ2) is 4.49. The number of nitrogens with zero attached hydrogens (tertiary/aromatic N) is 2. The average Bonchev–Trinajstić information content (AvgIpc) is 2.78. The van der Waals surface area contributed by atoms with Gasteiger partial charge in [0.1, 0.15) is 13.2 Å². The largest absolute Gasteiger partial charge is 0.447 e.